The molecule has 2 aromatic rings. The lowest BCUT2D eigenvalue weighted by molar-refractivity contribution is 0.479. The minimum atomic E-state index is 0.406. The van der Waals surface area contributed by atoms with Gasteiger partial charge in [-0.15, -0.1) is 0 Å². The number of benzene rings is 1. The summed E-state index contributed by atoms with van der Waals surface area (Å²) in [7, 11) is 0. The van der Waals surface area contributed by atoms with Crippen LogP contribution in [0.2, 0.25) is 15.2 Å². The molecule has 0 fully saturated rings. The van der Waals surface area contributed by atoms with Crippen molar-refractivity contribution in [2.24, 2.45) is 0 Å². The summed E-state index contributed by atoms with van der Waals surface area (Å²) in [6.07, 6.45) is 0. The summed E-state index contributed by atoms with van der Waals surface area (Å²) in [5.41, 5.74) is 0. The third-order valence-corrected chi connectivity index (χ3v) is 2.97. The molecule has 0 amide bonds. The molecular formula is C9H4Cl3NOS. The summed E-state index contributed by atoms with van der Waals surface area (Å²) in [6, 6.07) is 4.94. The Morgan fingerprint density at radius 3 is 2.27 bits per heavy atom. The highest BCUT2D eigenvalue weighted by molar-refractivity contribution is 7.11. The van der Waals surface area contributed by atoms with Gasteiger partial charge in [0.2, 0.25) is 0 Å². The number of halogens is 3. The van der Waals surface area contributed by atoms with Gasteiger partial charge in [-0.2, -0.15) is 4.98 Å². The third kappa shape index (κ3) is 2.98. The maximum absolute atomic E-state index is 5.81. The first kappa shape index (κ1) is 11.0. The summed E-state index contributed by atoms with van der Waals surface area (Å²) in [5.74, 6) is 0.540. The van der Waals surface area contributed by atoms with Gasteiger partial charge in [0.05, 0.1) is 0 Å². The fourth-order valence-electron chi connectivity index (χ4n) is 0.974. The molecule has 1 heterocycles. The van der Waals surface area contributed by atoms with E-state index in [4.69, 9.17) is 39.5 Å². The molecule has 1 aromatic carbocycles. The summed E-state index contributed by atoms with van der Waals surface area (Å²) in [6.45, 7) is 0. The number of aromatic nitrogens is 1. The van der Waals surface area contributed by atoms with Crippen LogP contribution in [0, 0.1) is 0 Å². The Bertz CT molecular complexity index is 466. The molecule has 2 nitrogen and oxygen atoms in total. The van der Waals surface area contributed by atoms with Crippen LogP contribution >= 0.6 is 46.1 Å². The Morgan fingerprint density at radius 1 is 1.07 bits per heavy atom. The summed E-state index contributed by atoms with van der Waals surface area (Å²) in [4.78, 5) is 3.94. The largest absolute Gasteiger partial charge is 0.431 e. The van der Waals surface area contributed by atoms with E-state index < -0.39 is 0 Å². The molecule has 0 aliphatic rings. The van der Waals surface area contributed by atoms with Crippen LogP contribution < -0.4 is 4.74 Å². The van der Waals surface area contributed by atoms with Crippen molar-refractivity contribution in [1.82, 2.24) is 4.98 Å². The second-order valence-electron chi connectivity index (χ2n) is 2.64. The van der Waals surface area contributed by atoms with Crippen molar-refractivity contribution in [3.05, 3.63) is 38.8 Å². The van der Waals surface area contributed by atoms with E-state index in [2.05, 4.69) is 4.98 Å². The van der Waals surface area contributed by atoms with Crippen molar-refractivity contribution < 1.29 is 4.74 Å². The highest BCUT2D eigenvalue weighted by Crippen LogP contribution is 2.30. The molecule has 0 aliphatic heterocycles. The van der Waals surface area contributed by atoms with Crippen LogP contribution in [0.3, 0.4) is 0 Å². The van der Waals surface area contributed by atoms with Gasteiger partial charge >= 0.3 is 0 Å². The van der Waals surface area contributed by atoms with E-state index in [1.165, 1.54) is 11.3 Å². The van der Waals surface area contributed by atoms with Crippen LogP contribution in [-0.2, 0) is 0 Å². The first-order chi connectivity index (χ1) is 7.13. The van der Waals surface area contributed by atoms with E-state index in [0.717, 1.165) is 0 Å². The Labute approximate surface area is 105 Å². The molecule has 1 aromatic heterocycles. The van der Waals surface area contributed by atoms with Gasteiger partial charge in [0, 0.05) is 15.4 Å². The zero-order chi connectivity index (χ0) is 10.8. The molecule has 0 spiro atoms. The van der Waals surface area contributed by atoms with Crippen LogP contribution in [0.5, 0.6) is 10.9 Å². The highest BCUT2D eigenvalue weighted by atomic mass is 35.5. The minimum Gasteiger partial charge on any atom is -0.431 e. The summed E-state index contributed by atoms with van der Waals surface area (Å²) in [5, 5.41) is 3.57. The lowest BCUT2D eigenvalue weighted by atomic mass is 10.3. The molecule has 0 radical (unpaired) electrons. The topological polar surface area (TPSA) is 22.1 Å². The van der Waals surface area contributed by atoms with E-state index in [0.29, 0.717) is 26.1 Å². The van der Waals surface area contributed by atoms with Gasteiger partial charge in [-0.25, -0.2) is 0 Å². The smallest absolute Gasteiger partial charge is 0.280 e. The second kappa shape index (κ2) is 4.58. The molecule has 6 heteroatoms. The van der Waals surface area contributed by atoms with Crippen LogP contribution in [0.15, 0.2) is 23.6 Å². The first-order valence-electron chi connectivity index (χ1n) is 3.88. The highest BCUT2D eigenvalue weighted by Gasteiger charge is 2.04. The molecular weight excluding hydrogens is 277 g/mol. The van der Waals surface area contributed by atoms with Crippen molar-refractivity contribution in [3.8, 4) is 10.9 Å². The van der Waals surface area contributed by atoms with E-state index in [1.54, 1.807) is 23.6 Å². The average molecular weight is 281 g/mol. The van der Waals surface area contributed by atoms with Crippen molar-refractivity contribution in [2.45, 2.75) is 0 Å². The Kier molecular flexibility index (Phi) is 3.36. The Balaban J connectivity index is 2.24. The first-order valence-corrected chi connectivity index (χ1v) is 5.90. The predicted molar refractivity (Wildman–Crippen MR) is 63.7 cm³/mol. The molecule has 0 saturated carbocycles. The van der Waals surface area contributed by atoms with Gasteiger partial charge in [0.15, 0.2) is 0 Å². The quantitative estimate of drug-likeness (QED) is 0.781. The van der Waals surface area contributed by atoms with Crippen molar-refractivity contribution in [3.63, 3.8) is 0 Å². The fourth-order valence-corrected chi connectivity index (χ4v) is 2.29. The van der Waals surface area contributed by atoms with Crippen molar-refractivity contribution >= 4 is 46.1 Å². The number of thiazole rings is 1. The zero-order valence-corrected chi connectivity index (χ0v) is 10.3. The Morgan fingerprint density at radius 2 is 1.73 bits per heavy atom. The molecule has 0 N–H and O–H groups in total. The molecule has 0 unspecified atom stereocenters. The fraction of sp³-hybridized carbons (Fsp3) is 0. The van der Waals surface area contributed by atoms with Crippen molar-refractivity contribution in [2.75, 3.05) is 0 Å². The zero-order valence-electron chi connectivity index (χ0n) is 7.21. The minimum absolute atomic E-state index is 0.406. The van der Waals surface area contributed by atoms with Crippen LogP contribution in [0.1, 0.15) is 0 Å². The van der Waals surface area contributed by atoms with Crippen LogP contribution in [-0.4, -0.2) is 4.98 Å². The number of ether oxygens (including phenoxy) is 1. The van der Waals surface area contributed by atoms with Gasteiger partial charge in [-0.3, -0.25) is 0 Å². The maximum Gasteiger partial charge on any atom is 0.280 e. The molecule has 0 atom stereocenters. The van der Waals surface area contributed by atoms with Gasteiger partial charge in [0.25, 0.3) is 5.19 Å². The normalized spacial score (nSPS) is 10.3. The van der Waals surface area contributed by atoms with Crippen LogP contribution in [0.4, 0.5) is 0 Å². The van der Waals surface area contributed by atoms with E-state index >= 15 is 0 Å². The molecule has 15 heavy (non-hydrogen) atoms. The van der Waals surface area contributed by atoms with Crippen molar-refractivity contribution in [1.29, 1.82) is 0 Å². The monoisotopic (exact) mass is 279 g/mol. The van der Waals surface area contributed by atoms with E-state index in [-0.39, 0.29) is 0 Å². The third-order valence-electron chi connectivity index (χ3n) is 1.50. The van der Waals surface area contributed by atoms with Gasteiger partial charge in [-0.1, -0.05) is 46.1 Å². The lowest BCUT2D eigenvalue weighted by Crippen LogP contribution is -1.82. The molecule has 78 valence electrons. The SMILES string of the molecule is Clc1cc(Cl)cc(Oc2nc(Cl)cs2)c1. The van der Waals surface area contributed by atoms with Crippen LogP contribution in [0.25, 0.3) is 0 Å². The number of hydrogen-bond donors (Lipinski definition) is 0. The second-order valence-corrected chi connectivity index (χ2v) is 4.72. The molecule has 0 saturated heterocycles. The van der Waals surface area contributed by atoms with Gasteiger partial charge in [0.1, 0.15) is 10.9 Å². The standard InChI is InChI=1S/C9H4Cl3NOS/c10-5-1-6(11)3-7(2-5)14-9-13-8(12)4-15-9/h1-4H. The van der Waals surface area contributed by atoms with E-state index in [9.17, 15) is 0 Å². The summed E-state index contributed by atoms with van der Waals surface area (Å²) < 4.78 is 5.41. The molecule has 2 rings (SSSR count). The van der Waals surface area contributed by atoms with E-state index in [1.807, 2.05) is 0 Å². The number of hydrogen-bond acceptors (Lipinski definition) is 3. The summed E-state index contributed by atoms with van der Waals surface area (Å²) >= 11 is 18.6. The lowest BCUT2D eigenvalue weighted by Gasteiger charge is -2.02. The maximum atomic E-state index is 5.81. The predicted octanol–water partition coefficient (Wildman–Crippen LogP) is 4.90. The Hall–Kier alpha value is -0.480. The van der Waals surface area contributed by atoms with Gasteiger partial charge < -0.3 is 4.74 Å². The van der Waals surface area contributed by atoms with Gasteiger partial charge in [-0.05, 0) is 18.2 Å². The molecule has 0 aliphatic carbocycles. The number of rotatable bonds is 2. The number of nitrogens with zero attached hydrogens (tertiary/aromatic N) is 1. The average Bonchev–Trinajstić information content (AvgIpc) is 2.49. The molecule has 0 bridgehead atoms.